The minimum atomic E-state index is -0.215. The molecule has 0 saturated carbocycles. The van der Waals surface area contributed by atoms with Crippen LogP contribution in [0.4, 0.5) is 5.82 Å². The third kappa shape index (κ3) is 3.90. The molecule has 0 atom stereocenters. The largest absolute Gasteiger partial charge is 0.384 e. The highest BCUT2D eigenvalue weighted by Gasteiger charge is 2.16. The zero-order chi connectivity index (χ0) is 15.2. The summed E-state index contributed by atoms with van der Waals surface area (Å²) in [4.78, 5) is 12.5. The first-order valence-corrected chi connectivity index (χ1v) is 7.66. The molecule has 21 heavy (non-hydrogen) atoms. The fourth-order valence-corrected chi connectivity index (χ4v) is 3.08. The van der Waals surface area contributed by atoms with E-state index in [2.05, 4.69) is 5.32 Å². The van der Waals surface area contributed by atoms with Gasteiger partial charge in [0.25, 0.3) is 5.91 Å². The van der Waals surface area contributed by atoms with E-state index < -0.39 is 0 Å². The van der Waals surface area contributed by atoms with Gasteiger partial charge in [0, 0.05) is 13.7 Å². The summed E-state index contributed by atoms with van der Waals surface area (Å²) in [5, 5.41) is 2.75. The highest BCUT2D eigenvalue weighted by atomic mass is 32.1. The van der Waals surface area contributed by atoms with E-state index >= 15 is 0 Å². The topological polar surface area (TPSA) is 69.3 Å². The van der Waals surface area contributed by atoms with Gasteiger partial charge in [-0.1, -0.05) is 41.7 Å². The van der Waals surface area contributed by atoms with Crippen LogP contribution in [0.3, 0.4) is 0 Å². The zero-order valence-electron chi connectivity index (χ0n) is 11.7. The number of rotatable bonds is 6. The highest BCUT2D eigenvalue weighted by molar-refractivity contribution is 7.73. The third-order valence-electron chi connectivity index (χ3n) is 2.91. The molecule has 0 saturated heterocycles. The van der Waals surface area contributed by atoms with Crippen LogP contribution in [0.25, 0.3) is 0 Å². The van der Waals surface area contributed by atoms with Crippen molar-refractivity contribution in [2.24, 2.45) is 0 Å². The van der Waals surface area contributed by atoms with Crippen molar-refractivity contribution < 1.29 is 9.53 Å². The van der Waals surface area contributed by atoms with Crippen LogP contribution in [-0.2, 0) is 11.3 Å². The van der Waals surface area contributed by atoms with Gasteiger partial charge in [-0.05, 0) is 17.8 Å². The van der Waals surface area contributed by atoms with E-state index in [4.69, 9.17) is 22.7 Å². The summed E-state index contributed by atoms with van der Waals surface area (Å²) < 4.78 is 7.27. The summed E-state index contributed by atoms with van der Waals surface area (Å²) in [5.41, 5.74) is 7.16. The maximum absolute atomic E-state index is 12.1. The molecular formula is C14H17N3O2S2. The van der Waals surface area contributed by atoms with Crippen LogP contribution < -0.4 is 11.1 Å². The molecule has 0 bridgehead atoms. The Kier molecular flexibility index (Phi) is 5.49. The lowest BCUT2D eigenvalue weighted by Crippen LogP contribution is -2.27. The fraction of sp³-hybridized carbons (Fsp3) is 0.286. The fourth-order valence-electron chi connectivity index (χ4n) is 1.84. The van der Waals surface area contributed by atoms with Crippen molar-refractivity contribution in [1.82, 2.24) is 9.88 Å². The maximum Gasteiger partial charge on any atom is 0.265 e. The lowest BCUT2D eigenvalue weighted by Gasteiger charge is -2.07. The molecule has 5 nitrogen and oxygen atoms in total. The van der Waals surface area contributed by atoms with E-state index in [9.17, 15) is 4.79 Å². The molecule has 0 aliphatic heterocycles. The summed E-state index contributed by atoms with van der Waals surface area (Å²) >= 11 is 6.54. The van der Waals surface area contributed by atoms with Crippen molar-refractivity contribution in [3.8, 4) is 0 Å². The average Bonchev–Trinajstić information content (AvgIpc) is 2.77. The quantitative estimate of drug-likeness (QED) is 0.632. The smallest absolute Gasteiger partial charge is 0.265 e. The standard InChI is InChI=1S/C14H17N3O2S2/c1-19-8-7-16-13(18)11-12(15)17(14(20)21-11)9-10-5-3-2-4-6-10/h2-6H,7-9,15H2,1H3,(H,16,18). The van der Waals surface area contributed by atoms with E-state index in [-0.39, 0.29) is 5.91 Å². The number of thiazole rings is 1. The minimum Gasteiger partial charge on any atom is -0.384 e. The molecule has 0 radical (unpaired) electrons. The maximum atomic E-state index is 12.1. The second-order valence-corrected chi connectivity index (χ2v) is 6.05. The lowest BCUT2D eigenvalue weighted by atomic mass is 10.2. The van der Waals surface area contributed by atoms with Crippen molar-refractivity contribution in [2.45, 2.75) is 6.54 Å². The molecule has 1 aromatic heterocycles. The lowest BCUT2D eigenvalue weighted by molar-refractivity contribution is 0.0941. The van der Waals surface area contributed by atoms with Crippen molar-refractivity contribution in [3.05, 3.63) is 44.7 Å². The first-order valence-electron chi connectivity index (χ1n) is 6.43. The van der Waals surface area contributed by atoms with E-state index in [0.717, 1.165) is 5.56 Å². The van der Waals surface area contributed by atoms with Crippen LogP contribution in [0.2, 0.25) is 0 Å². The Labute approximate surface area is 132 Å². The molecule has 0 aliphatic rings. The molecule has 0 fully saturated rings. The number of carbonyl (C=O) groups excluding carboxylic acids is 1. The molecule has 1 heterocycles. The summed E-state index contributed by atoms with van der Waals surface area (Å²) in [5.74, 6) is 0.191. The predicted octanol–water partition coefficient (Wildman–Crippen LogP) is 2.29. The van der Waals surface area contributed by atoms with E-state index in [0.29, 0.717) is 34.3 Å². The number of amides is 1. The van der Waals surface area contributed by atoms with Gasteiger partial charge in [-0.3, -0.25) is 4.79 Å². The van der Waals surface area contributed by atoms with Gasteiger partial charge < -0.3 is 20.4 Å². The van der Waals surface area contributed by atoms with Gasteiger partial charge >= 0.3 is 0 Å². The van der Waals surface area contributed by atoms with Crippen molar-refractivity contribution in [1.29, 1.82) is 0 Å². The van der Waals surface area contributed by atoms with Gasteiger partial charge in [0.2, 0.25) is 0 Å². The van der Waals surface area contributed by atoms with Gasteiger partial charge in [0.15, 0.2) is 3.95 Å². The number of hydrogen-bond acceptors (Lipinski definition) is 5. The Morgan fingerprint density at radius 2 is 2.14 bits per heavy atom. The summed E-state index contributed by atoms with van der Waals surface area (Å²) in [6.45, 7) is 1.47. The number of ether oxygens (including phenoxy) is 1. The number of methoxy groups -OCH3 is 1. The van der Waals surface area contributed by atoms with Gasteiger partial charge in [-0.25, -0.2) is 0 Å². The Morgan fingerprint density at radius 3 is 2.81 bits per heavy atom. The summed E-state index contributed by atoms with van der Waals surface area (Å²) in [6, 6.07) is 9.86. The Bertz CT molecular complexity index is 665. The molecule has 112 valence electrons. The number of benzene rings is 1. The number of anilines is 1. The number of nitrogens with zero attached hydrogens (tertiary/aromatic N) is 1. The van der Waals surface area contributed by atoms with Gasteiger partial charge in [-0.15, -0.1) is 0 Å². The Hall–Kier alpha value is -1.70. The molecule has 2 aromatic rings. The molecule has 2 rings (SSSR count). The van der Waals surface area contributed by atoms with Crippen LogP contribution in [0.15, 0.2) is 30.3 Å². The van der Waals surface area contributed by atoms with Crippen LogP contribution >= 0.6 is 23.6 Å². The number of carbonyl (C=O) groups is 1. The van der Waals surface area contributed by atoms with Crippen molar-refractivity contribution >= 4 is 35.3 Å². The zero-order valence-corrected chi connectivity index (χ0v) is 13.3. The van der Waals surface area contributed by atoms with Gasteiger partial charge in [0.1, 0.15) is 10.7 Å². The Balaban J connectivity index is 2.18. The first-order chi connectivity index (χ1) is 10.1. The molecule has 0 spiro atoms. The van der Waals surface area contributed by atoms with Crippen LogP contribution in [0, 0.1) is 3.95 Å². The molecule has 1 aromatic carbocycles. The van der Waals surface area contributed by atoms with Crippen molar-refractivity contribution in [3.63, 3.8) is 0 Å². The number of nitrogen functional groups attached to an aromatic ring is 1. The summed E-state index contributed by atoms with van der Waals surface area (Å²) in [7, 11) is 1.58. The molecule has 1 amide bonds. The monoisotopic (exact) mass is 323 g/mol. The Morgan fingerprint density at radius 1 is 1.43 bits per heavy atom. The number of nitrogens with two attached hydrogens (primary N) is 1. The highest BCUT2D eigenvalue weighted by Crippen LogP contribution is 2.23. The normalized spacial score (nSPS) is 10.5. The number of aromatic nitrogens is 1. The van der Waals surface area contributed by atoms with Crippen LogP contribution in [-0.4, -0.2) is 30.7 Å². The first kappa shape index (κ1) is 15.7. The van der Waals surface area contributed by atoms with Crippen LogP contribution in [0.5, 0.6) is 0 Å². The number of nitrogens with one attached hydrogen (secondary N) is 1. The van der Waals surface area contributed by atoms with E-state index in [1.54, 1.807) is 11.7 Å². The van der Waals surface area contributed by atoms with E-state index in [1.807, 2.05) is 30.3 Å². The molecule has 0 unspecified atom stereocenters. The van der Waals surface area contributed by atoms with Crippen LogP contribution in [0.1, 0.15) is 15.2 Å². The van der Waals surface area contributed by atoms with Gasteiger partial charge in [-0.2, -0.15) is 0 Å². The molecule has 7 heteroatoms. The molecule has 0 aliphatic carbocycles. The minimum absolute atomic E-state index is 0.215. The van der Waals surface area contributed by atoms with E-state index in [1.165, 1.54) is 11.3 Å². The average molecular weight is 323 g/mol. The second-order valence-electron chi connectivity index (χ2n) is 4.40. The van der Waals surface area contributed by atoms with Gasteiger partial charge in [0.05, 0.1) is 13.2 Å². The molecular weight excluding hydrogens is 306 g/mol. The molecule has 3 N–H and O–H groups in total. The second kappa shape index (κ2) is 7.35. The van der Waals surface area contributed by atoms with Crippen molar-refractivity contribution in [2.75, 3.05) is 26.0 Å². The third-order valence-corrected chi connectivity index (χ3v) is 4.38. The predicted molar refractivity (Wildman–Crippen MR) is 87.3 cm³/mol. The SMILES string of the molecule is COCCNC(=O)c1sc(=S)n(Cc2ccccc2)c1N. The number of hydrogen-bond donors (Lipinski definition) is 2. The summed E-state index contributed by atoms with van der Waals surface area (Å²) in [6.07, 6.45) is 0.